The maximum Gasteiger partial charge on any atom is 0.369 e. The number of amides is 4. The molecule has 75 heavy (non-hydrogen) atoms. The lowest BCUT2D eigenvalue weighted by molar-refractivity contribution is 0.0233. The van der Waals surface area contributed by atoms with Crippen LogP contribution in [0.25, 0.3) is 22.5 Å². The first kappa shape index (κ1) is 56.5. The predicted molar refractivity (Wildman–Crippen MR) is 302 cm³/mol. The highest BCUT2D eigenvalue weighted by atomic mass is 79.9. The molecule has 390 valence electrons. The summed E-state index contributed by atoms with van der Waals surface area (Å²) in [6.07, 6.45) is 10.1. The lowest BCUT2D eigenvalue weighted by Crippen LogP contribution is -2.46. The molecule has 2 saturated heterocycles. The van der Waals surface area contributed by atoms with Crippen molar-refractivity contribution in [2.45, 2.75) is 57.5 Å². The van der Waals surface area contributed by atoms with Gasteiger partial charge in [0.1, 0.15) is 12.7 Å². The first-order valence-corrected chi connectivity index (χ1v) is 27.3. The van der Waals surface area contributed by atoms with Gasteiger partial charge in [-0.15, -0.1) is 47.3 Å². The van der Waals surface area contributed by atoms with Crippen LogP contribution in [0.15, 0.2) is 165 Å². The Kier molecular flexibility index (Phi) is 21.5. The van der Waals surface area contributed by atoms with Crippen molar-refractivity contribution in [2.24, 2.45) is 0 Å². The number of likely N-dealkylation sites (tertiary alicyclic amines) is 2. The molecule has 0 saturated carbocycles. The molecule has 0 unspecified atom stereocenters. The van der Waals surface area contributed by atoms with E-state index in [2.05, 4.69) is 121 Å². The Morgan fingerprint density at radius 3 is 1.37 bits per heavy atom. The summed E-state index contributed by atoms with van der Waals surface area (Å²) in [6.45, 7) is 5.96. The van der Waals surface area contributed by atoms with E-state index < -0.39 is 5.91 Å². The van der Waals surface area contributed by atoms with Crippen molar-refractivity contribution < 1.29 is 29.2 Å². The number of halogens is 3. The molecule has 0 spiro atoms. The van der Waals surface area contributed by atoms with E-state index in [1.165, 1.54) is 32.9 Å². The number of hydrogen-bond acceptors (Lipinski definition) is 10. The van der Waals surface area contributed by atoms with Gasteiger partial charge in [0.15, 0.2) is 0 Å². The van der Waals surface area contributed by atoms with E-state index in [9.17, 15) is 19.2 Å². The largest absolute Gasteiger partial charge is 0.369 e. The van der Waals surface area contributed by atoms with E-state index in [4.69, 9.17) is 10.0 Å². The summed E-state index contributed by atoms with van der Waals surface area (Å²) in [5, 5.41) is 8.83. The van der Waals surface area contributed by atoms with Gasteiger partial charge in [-0.3, -0.25) is 38.6 Å². The molecule has 4 amide bonds. The highest BCUT2D eigenvalue weighted by Gasteiger charge is 2.28. The van der Waals surface area contributed by atoms with Gasteiger partial charge in [-0.05, 0) is 66.6 Å². The average Bonchev–Trinajstić information content (AvgIpc) is 4.16. The highest BCUT2D eigenvalue weighted by Crippen LogP contribution is 2.24. The molecule has 5 aromatic carbocycles. The standard InChI is InChI=1S/C31H33N5O3.C24H27N5O3.BBr3/c1-34(28-15-17-35(18-16-28)20-24-9-4-2-5-10-24)31(38)36-21-29(32-23-36)26-13-8-14-27(19-26)30(37)33-39-22-25-11-6-3-7-12-25;1-27(21-10-12-28(13-11-21)15-18-6-3-2-4-7-18)24(31)29-16-22(25-17-29)19-8-5-9-20(14-19)23(30)26-32;2-1(3)4/h2-14,19,21,23,28H,15-18,20,22H2,1H3,(H,33,37);2-9,14,16-17,21,32H,10-13,15H2,1H3,(H,26,30);. The third-order valence-electron chi connectivity index (χ3n) is 13.1. The average molecular weight is 1210 g/mol. The number of hydroxylamine groups is 2. The molecule has 9 rings (SSSR count). The van der Waals surface area contributed by atoms with Crippen molar-refractivity contribution >= 4 is 74.3 Å². The molecular formula is C55H60BBr3N10O6. The van der Waals surface area contributed by atoms with Crippen LogP contribution in [0.5, 0.6) is 0 Å². The van der Waals surface area contributed by atoms with Crippen molar-refractivity contribution in [2.75, 3.05) is 40.3 Å². The van der Waals surface area contributed by atoms with Crippen LogP contribution in [0.3, 0.4) is 0 Å². The van der Waals surface area contributed by atoms with Crippen LogP contribution in [0, 0.1) is 0 Å². The molecule has 20 heteroatoms. The zero-order valence-corrected chi connectivity index (χ0v) is 46.6. The number of rotatable bonds is 13. The molecule has 0 bridgehead atoms. The first-order chi connectivity index (χ1) is 36.3. The second-order valence-corrected chi connectivity index (χ2v) is 24.6. The number of imidazole rings is 2. The normalized spacial score (nSPS) is 14.1. The second-order valence-electron chi connectivity index (χ2n) is 18.2. The van der Waals surface area contributed by atoms with Gasteiger partial charge in [0.25, 0.3) is 11.8 Å². The van der Waals surface area contributed by atoms with E-state index in [0.717, 1.165) is 76.1 Å². The Bertz CT molecular complexity index is 2920. The number of carbonyl (C=O) groups excluding carboxylic acids is 4. The van der Waals surface area contributed by atoms with Crippen molar-refractivity contribution in [3.8, 4) is 22.5 Å². The maximum absolute atomic E-state index is 13.2. The molecule has 0 atom stereocenters. The summed E-state index contributed by atoms with van der Waals surface area (Å²) in [7, 11) is 3.70. The number of piperidine rings is 2. The number of benzene rings is 5. The zero-order valence-electron chi connectivity index (χ0n) is 41.8. The molecule has 2 aliphatic rings. The summed E-state index contributed by atoms with van der Waals surface area (Å²) in [5.41, 5.74) is 11.1. The monoisotopic (exact) mass is 1200 g/mol. The van der Waals surface area contributed by atoms with E-state index in [0.29, 0.717) is 28.1 Å². The van der Waals surface area contributed by atoms with Gasteiger partial charge >= 0.3 is 15.2 Å². The first-order valence-electron chi connectivity index (χ1n) is 24.5. The summed E-state index contributed by atoms with van der Waals surface area (Å²) < 4.78 is 3.26. The Morgan fingerprint density at radius 2 is 0.973 bits per heavy atom. The van der Waals surface area contributed by atoms with Gasteiger partial charge < -0.3 is 9.80 Å². The van der Waals surface area contributed by atoms with Gasteiger partial charge in [0.05, 0.1) is 18.0 Å². The number of nitrogens with zero attached hydrogens (tertiary/aromatic N) is 8. The number of aromatic nitrogens is 4. The zero-order chi connectivity index (χ0) is 53.1. The number of nitrogens with one attached hydrogen (secondary N) is 2. The third-order valence-corrected chi connectivity index (χ3v) is 13.1. The van der Waals surface area contributed by atoms with Gasteiger partial charge in [0.2, 0.25) is 0 Å². The molecule has 2 fully saturated rings. The van der Waals surface area contributed by atoms with Gasteiger partial charge in [-0.1, -0.05) is 115 Å². The van der Waals surface area contributed by atoms with Gasteiger partial charge in [-0.2, -0.15) is 0 Å². The van der Waals surface area contributed by atoms with E-state index in [1.807, 2.05) is 67.5 Å². The number of carbonyl (C=O) groups is 4. The molecule has 0 radical (unpaired) electrons. The SMILES string of the molecule is BrB(Br)Br.CN(C(=O)n1cnc(-c2cccc(C(=O)NO)c2)c1)C1CCN(Cc2ccccc2)CC1.CN(C(=O)n1cnc(-c2cccc(C(=O)NOCc3ccccc3)c2)c1)C1CCN(Cc2ccccc2)CC1. The highest BCUT2D eigenvalue weighted by molar-refractivity contribution is 9.69. The van der Waals surface area contributed by atoms with E-state index >= 15 is 0 Å². The minimum Gasteiger partial charge on any atom is -0.324 e. The van der Waals surface area contributed by atoms with Crippen LogP contribution in [0.2, 0.25) is 0 Å². The Hall–Kier alpha value is -6.26. The fourth-order valence-electron chi connectivity index (χ4n) is 8.96. The van der Waals surface area contributed by atoms with Crippen molar-refractivity contribution in [1.82, 2.24) is 49.7 Å². The lowest BCUT2D eigenvalue weighted by Gasteiger charge is -2.36. The van der Waals surface area contributed by atoms with Crippen LogP contribution in [-0.4, -0.2) is 123 Å². The second kappa shape index (κ2) is 28.6. The maximum atomic E-state index is 13.2. The molecule has 0 aliphatic carbocycles. The summed E-state index contributed by atoms with van der Waals surface area (Å²) >= 11 is 9.31. The van der Waals surface area contributed by atoms with E-state index in [-0.39, 0.29) is 39.8 Å². The molecule has 4 heterocycles. The minimum atomic E-state index is -0.597. The lowest BCUT2D eigenvalue weighted by atomic mass is 10.0. The molecule has 7 aromatic rings. The van der Waals surface area contributed by atoms with E-state index in [1.54, 1.807) is 65.2 Å². The quantitative estimate of drug-likeness (QED) is 0.0574. The van der Waals surface area contributed by atoms with Crippen LogP contribution >= 0.6 is 47.3 Å². The smallest absolute Gasteiger partial charge is 0.324 e. The molecular weight excluding hydrogens is 1150 g/mol. The number of hydrogen-bond donors (Lipinski definition) is 3. The van der Waals surface area contributed by atoms with Crippen LogP contribution in [0.1, 0.15) is 63.1 Å². The van der Waals surface area contributed by atoms with Crippen molar-refractivity contribution in [3.05, 3.63) is 192 Å². The predicted octanol–water partition coefficient (Wildman–Crippen LogP) is 10.4. The van der Waals surface area contributed by atoms with Crippen molar-refractivity contribution in [3.63, 3.8) is 0 Å². The van der Waals surface area contributed by atoms with Crippen LogP contribution in [-0.2, 0) is 24.5 Å². The Labute approximate surface area is 463 Å². The molecule has 2 aromatic heterocycles. The van der Waals surface area contributed by atoms with Gasteiger partial charge in [-0.25, -0.2) is 30.5 Å². The molecule has 2 aliphatic heterocycles. The summed E-state index contributed by atoms with van der Waals surface area (Å²) in [6, 6.07) is 44.5. The molecule has 16 nitrogen and oxygen atoms in total. The molecule has 3 N–H and O–H groups in total. The minimum absolute atomic E-state index is 0.113. The summed E-state index contributed by atoms with van der Waals surface area (Å²) in [5.74, 6) is -0.942. The van der Waals surface area contributed by atoms with Gasteiger partial charge in [0, 0.05) is 100 Å². The Balaban J connectivity index is 0.000000208. The Morgan fingerprint density at radius 1 is 0.587 bits per heavy atom. The third kappa shape index (κ3) is 16.9. The van der Waals surface area contributed by atoms with Crippen molar-refractivity contribution in [1.29, 1.82) is 0 Å². The van der Waals surface area contributed by atoms with Crippen LogP contribution < -0.4 is 11.0 Å². The fraction of sp³-hybridized carbons (Fsp3) is 0.273. The summed E-state index contributed by atoms with van der Waals surface area (Å²) in [4.78, 5) is 73.1. The topological polar surface area (TPSA) is 170 Å². The fourth-order valence-corrected chi connectivity index (χ4v) is 8.96. The van der Waals surface area contributed by atoms with Crippen LogP contribution in [0.4, 0.5) is 9.59 Å².